The van der Waals surface area contributed by atoms with E-state index in [2.05, 4.69) is 4.72 Å². The Bertz CT molecular complexity index is 1160. The van der Waals surface area contributed by atoms with Gasteiger partial charge in [0.2, 0.25) is 0 Å². The van der Waals surface area contributed by atoms with Crippen LogP contribution in [0.2, 0.25) is 5.02 Å². The summed E-state index contributed by atoms with van der Waals surface area (Å²) in [7, 11) is -4.63. The van der Waals surface area contributed by atoms with Crippen molar-refractivity contribution in [3.63, 3.8) is 0 Å². The van der Waals surface area contributed by atoms with Crippen LogP contribution in [0.4, 0.5) is 18.9 Å². The van der Waals surface area contributed by atoms with Crippen LogP contribution in [-0.2, 0) is 16.2 Å². The van der Waals surface area contributed by atoms with E-state index in [-0.39, 0.29) is 11.3 Å². The number of nitrogens with one attached hydrogen (secondary N) is 1. The first-order valence-corrected chi connectivity index (χ1v) is 8.86. The topological polar surface area (TPSA) is 76.4 Å². The molecule has 0 amide bonds. The molecule has 0 aliphatic rings. The summed E-state index contributed by atoms with van der Waals surface area (Å²) in [5.41, 5.74) is -1.77. The van der Waals surface area contributed by atoms with E-state index < -0.39 is 37.3 Å². The fourth-order valence-corrected chi connectivity index (χ4v) is 4.16. The van der Waals surface area contributed by atoms with E-state index in [1.807, 2.05) is 0 Å². The van der Waals surface area contributed by atoms with E-state index in [4.69, 9.17) is 16.0 Å². The standard InChI is InChI=1S/C16H9ClF3NO4S/c17-12-3-1-2-11(16(18,19)20)15(12)26(23,24)21-10-5-6-13-9(8-10)4-7-14(22)25-13/h1-8,21H. The molecule has 3 aromatic rings. The van der Waals surface area contributed by atoms with Crippen LogP contribution in [0.5, 0.6) is 0 Å². The molecule has 0 unspecified atom stereocenters. The Hall–Kier alpha value is -2.52. The number of rotatable bonds is 3. The van der Waals surface area contributed by atoms with Gasteiger partial charge in [0.25, 0.3) is 10.0 Å². The summed E-state index contributed by atoms with van der Waals surface area (Å²) in [5, 5.41) is -0.167. The van der Waals surface area contributed by atoms with Crippen molar-refractivity contribution in [1.82, 2.24) is 0 Å². The van der Waals surface area contributed by atoms with Crippen LogP contribution in [0.1, 0.15) is 5.56 Å². The lowest BCUT2D eigenvalue weighted by atomic mass is 10.2. The average Bonchev–Trinajstić information content (AvgIpc) is 2.53. The third-order valence-electron chi connectivity index (χ3n) is 3.41. The van der Waals surface area contributed by atoms with Crippen molar-refractivity contribution in [2.45, 2.75) is 11.1 Å². The Balaban J connectivity index is 2.08. The highest BCUT2D eigenvalue weighted by molar-refractivity contribution is 7.92. The second-order valence-electron chi connectivity index (χ2n) is 5.23. The molecular weight excluding hydrogens is 395 g/mol. The van der Waals surface area contributed by atoms with E-state index in [0.29, 0.717) is 11.5 Å². The minimum absolute atomic E-state index is 0.0145. The number of benzene rings is 2. The Morgan fingerprint density at radius 3 is 2.46 bits per heavy atom. The highest BCUT2D eigenvalue weighted by atomic mass is 35.5. The van der Waals surface area contributed by atoms with Gasteiger partial charge in [-0.25, -0.2) is 13.2 Å². The molecule has 0 spiro atoms. The van der Waals surface area contributed by atoms with Crippen LogP contribution in [0.3, 0.4) is 0 Å². The molecule has 0 aliphatic carbocycles. The summed E-state index contributed by atoms with van der Waals surface area (Å²) < 4.78 is 71.4. The van der Waals surface area contributed by atoms with Gasteiger partial charge in [-0.05, 0) is 36.4 Å². The molecular formula is C16H9ClF3NO4S. The third kappa shape index (κ3) is 3.54. The predicted molar refractivity (Wildman–Crippen MR) is 89.7 cm³/mol. The van der Waals surface area contributed by atoms with Gasteiger partial charge in [-0.2, -0.15) is 13.2 Å². The quantitative estimate of drug-likeness (QED) is 0.663. The highest BCUT2D eigenvalue weighted by Gasteiger charge is 2.38. The molecule has 10 heteroatoms. The number of halogens is 4. The highest BCUT2D eigenvalue weighted by Crippen LogP contribution is 2.38. The lowest BCUT2D eigenvalue weighted by Crippen LogP contribution is -2.19. The van der Waals surface area contributed by atoms with Crippen molar-refractivity contribution in [3.8, 4) is 0 Å². The summed E-state index contributed by atoms with van der Waals surface area (Å²) >= 11 is 5.73. The van der Waals surface area contributed by atoms with E-state index in [9.17, 15) is 26.4 Å². The zero-order chi connectivity index (χ0) is 19.1. The summed E-state index contributed by atoms with van der Waals surface area (Å²) in [6.45, 7) is 0. The average molecular weight is 404 g/mol. The van der Waals surface area contributed by atoms with E-state index in [0.717, 1.165) is 18.2 Å². The van der Waals surface area contributed by atoms with Gasteiger partial charge in [0.15, 0.2) is 0 Å². The Morgan fingerprint density at radius 1 is 1.04 bits per heavy atom. The monoisotopic (exact) mass is 403 g/mol. The van der Waals surface area contributed by atoms with Gasteiger partial charge in [-0.15, -0.1) is 0 Å². The van der Waals surface area contributed by atoms with Gasteiger partial charge in [0.05, 0.1) is 10.6 Å². The second-order valence-corrected chi connectivity index (χ2v) is 7.25. The van der Waals surface area contributed by atoms with Crippen molar-refractivity contribution < 1.29 is 26.0 Å². The van der Waals surface area contributed by atoms with Gasteiger partial charge in [0, 0.05) is 17.1 Å². The number of hydrogen-bond donors (Lipinski definition) is 1. The van der Waals surface area contributed by atoms with Crippen LogP contribution in [0, 0.1) is 0 Å². The van der Waals surface area contributed by atoms with Crippen LogP contribution in [0.25, 0.3) is 11.0 Å². The molecule has 0 radical (unpaired) electrons. The SMILES string of the molecule is O=c1ccc2cc(NS(=O)(=O)c3c(Cl)cccc3C(F)(F)F)ccc2o1. The third-order valence-corrected chi connectivity index (χ3v) is 5.32. The molecule has 0 atom stereocenters. The molecule has 2 aromatic carbocycles. The molecule has 0 saturated carbocycles. The van der Waals surface area contributed by atoms with Crippen LogP contribution in [-0.4, -0.2) is 8.42 Å². The second kappa shape index (κ2) is 6.33. The largest absolute Gasteiger partial charge is 0.423 e. The van der Waals surface area contributed by atoms with Crippen molar-refractivity contribution in [3.05, 3.63) is 69.5 Å². The van der Waals surface area contributed by atoms with Crippen molar-refractivity contribution in [2.75, 3.05) is 4.72 Å². The summed E-state index contributed by atoms with van der Waals surface area (Å²) in [6.07, 6.45) is -4.90. The number of anilines is 1. The molecule has 0 fully saturated rings. The molecule has 1 heterocycles. The summed E-state index contributed by atoms with van der Waals surface area (Å²) in [6, 6.07) is 9.14. The maximum Gasteiger partial charge on any atom is 0.417 e. The molecule has 0 bridgehead atoms. The molecule has 3 rings (SSSR count). The lowest BCUT2D eigenvalue weighted by molar-refractivity contribution is -0.139. The van der Waals surface area contributed by atoms with E-state index >= 15 is 0 Å². The fraction of sp³-hybridized carbons (Fsp3) is 0.0625. The van der Waals surface area contributed by atoms with Gasteiger partial charge < -0.3 is 4.42 Å². The Kier molecular flexibility index (Phi) is 4.45. The summed E-state index contributed by atoms with van der Waals surface area (Å²) in [4.78, 5) is 10.1. The molecule has 26 heavy (non-hydrogen) atoms. The minimum Gasteiger partial charge on any atom is -0.423 e. The number of fused-ring (bicyclic) bond motifs is 1. The van der Waals surface area contributed by atoms with Crippen molar-refractivity contribution in [2.24, 2.45) is 0 Å². The molecule has 136 valence electrons. The first-order chi connectivity index (χ1) is 12.1. The fourth-order valence-electron chi connectivity index (χ4n) is 2.35. The van der Waals surface area contributed by atoms with Crippen LogP contribution < -0.4 is 10.3 Å². The number of alkyl halides is 3. The lowest BCUT2D eigenvalue weighted by Gasteiger charge is -2.15. The van der Waals surface area contributed by atoms with Crippen molar-refractivity contribution >= 4 is 38.3 Å². The van der Waals surface area contributed by atoms with E-state index in [1.165, 1.54) is 24.3 Å². The van der Waals surface area contributed by atoms with Gasteiger partial charge in [0.1, 0.15) is 10.5 Å². The zero-order valence-corrected chi connectivity index (χ0v) is 14.2. The molecule has 5 nitrogen and oxygen atoms in total. The van der Waals surface area contributed by atoms with Crippen LogP contribution >= 0.6 is 11.6 Å². The zero-order valence-electron chi connectivity index (χ0n) is 12.7. The Morgan fingerprint density at radius 2 is 1.77 bits per heavy atom. The van der Waals surface area contributed by atoms with E-state index in [1.54, 1.807) is 0 Å². The predicted octanol–water partition coefficient (Wildman–Crippen LogP) is 4.27. The Labute approximate surface area is 150 Å². The van der Waals surface area contributed by atoms with Gasteiger partial charge in [-0.3, -0.25) is 4.72 Å². The maximum absolute atomic E-state index is 13.2. The van der Waals surface area contributed by atoms with Gasteiger partial charge >= 0.3 is 11.8 Å². The molecule has 1 N–H and O–H groups in total. The molecule has 0 saturated heterocycles. The van der Waals surface area contributed by atoms with Crippen LogP contribution in [0.15, 0.2) is 62.6 Å². The molecule has 0 aliphatic heterocycles. The first-order valence-electron chi connectivity index (χ1n) is 7.00. The molecule has 1 aromatic heterocycles. The maximum atomic E-state index is 13.2. The number of hydrogen-bond acceptors (Lipinski definition) is 4. The first kappa shape index (κ1) is 18.3. The normalized spacial score (nSPS) is 12.3. The number of sulfonamides is 1. The van der Waals surface area contributed by atoms with Gasteiger partial charge in [-0.1, -0.05) is 17.7 Å². The smallest absolute Gasteiger partial charge is 0.417 e. The van der Waals surface area contributed by atoms with Crippen molar-refractivity contribution in [1.29, 1.82) is 0 Å². The minimum atomic E-state index is -4.90. The summed E-state index contributed by atoms with van der Waals surface area (Å²) in [5.74, 6) is 0.